The molecule has 2 N–H and O–H groups in total. The highest BCUT2D eigenvalue weighted by molar-refractivity contribution is 5.79. The first-order valence-electron chi connectivity index (χ1n) is 9.04. The zero-order chi connectivity index (χ0) is 19.8. The van der Waals surface area contributed by atoms with Crippen LogP contribution < -0.4 is 15.4 Å². The SMILES string of the molecule is CN=C(NCCCn1cnc2ccccc21)NCc1ccccc1OC(F)F. The van der Waals surface area contributed by atoms with E-state index in [1.54, 1.807) is 25.2 Å². The van der Waals surface area contributed by atoms with Crippen LogP contribution in [0.1, 0.15) is 12.0 Å². The first-order valence-corrected chi connectivity index (χ1v) is 9.04. The fourth-order valence-corrected chi connectivity index (χ4v) is 2.91. The predicted molar refractivity (Wildman–Crippen MR) is 106 cm³/mol. The average molecular weight is 387 g/mol. The lowest BCUT2D eigenvalue weighted by Gasteiger charge is -2.14. The molecule has 28 heavy (non-hydrogen) atoms. The molecule has 0 aliphatic carbocycles. The van der Waals surface area contributed by atoms with Crippen LogP contribution in [-0.2, 0) is 13.1 Å². The van der Waals surface area contributed by atoms with E-state index < -0.39 is 6.61 Å². The molecule has 148 valence electrons. The quantitative estimate of drug-likeness (QED) is 0.353. The largest absolute Gasteiger partial charge is 0.434 e. The van der Waals surface area contributed by atoms with Gasteiger partial charge in [0.2, 0.25) is 0 Å². The molecule has 3 aromatic rings. The lowest BCUT2D eigenvalue weighted by molar-refractivity contribution is -0.0504. The van der Waals surface area contributed by atoms with Crippen LogP contribution in [0.5, 0.6) is 5.75 Å². The predicted octanol–water partition coefficient (Wildman–Crippen LogP) is 3.39. The van der Waals surface area contributed by atoms with E-state index in [-0.39, 0.29) is 5.75 Å². The van der Waals surface area contributed by atoms with Crippen LogP contribution in [0.4, 0.5) is 8.78 Å². The fraction of sp³-hybridized carbons (Fsp3) is 0.300. The molecule has 0 amide bonds. The number of fused-ring (bicyclic) bond motifs is 1. The third-order valence-corrected chi connectivity index (χ3v) is 4.25. The van der Waals surface area contributed by atoms with Crippen LogP contribution in [0.15, 0.2) is 59.9 Å². The lowest BCUT2D eigenvalue weighted by atomic mass is 10.2. The van der Waals surface area contributed by atoms with E-state index in [0.29, 0.717) is 24.6 Å². The highest BCUT2D eigenvalue weighted by atomic mass is 19.3. The van der Waals surface area contributed by atoms with Gasteiger partial charge < -0.3 is 19.9 Å². The van der Waals surface area contributed by atoms with Gasteiger partial charge in [0.1, 0.15) is 5.75 Å². The van der Waals surface area contributed by atoms with Gasteiger partial charge in [-0.25, -0.2) is 4.98 Å². The molecule has 3 rings (SSSR count). The molecular weight excluding hydrogens is 364 g/mol. The first-order chi connectivity index (χ1) is 13.7. The maximum atomic E-state index is 12.5. The molecule has 1 heterocycles. The maximum absolute atomic E-state index is 12.5. The smallest absolute Gasteiger partial charge is 0.387 e. The molecule has 0 bridgehead atoms. The van der Waals surface area contributed by atoms with Crippen LogP contribution in [0.3, 0.4) is 0 Å². The normalized spacial score (nSPS) is 11.8. The van der Waals surface area contributed by atoms with Gasteiger partial charge >= 0.3 is 6.61 Å². The standard InChI is InChI=1S/C20H23F2N5O/c1-23-20(25-13-15-7-2-5-10-18(15)28-19(21)22)24-11-6-12-27-14-26-16-8-3-4-9-17(16)27/h2-5,7-10,14,19H,6,11-13H2,1H3,(H2,23,24,25). The topological polar surface area (TPSA) is 63.5 Å². The van der Waals surface area contributed by atoms with E-state index in [0.717, 1.165) is 24.0 Å². The zero-order valence-corrected chi connectivity index (χ0v) is 15.6. The Labute approximate surface area is 162 Å². The second-order valence-electron chi connectivity index (χ2n) is 6.12. The van der Waals surface area contributed by atoms with E-state index in [4.69, 9.17) is 0 Å². The summed E-state index contributed by atoms with van der Waals surface area (Å²) in [7, 11) is 1.67. The molecule has 1 aromatic heterocycles. The van der Waals surface area contributed by atoms with Crippen LogP contribution in [0, 0.1) is 0 Å². The minimum atomic E-state index is -2.85. The van der Waals surface area contributed by atoms with Crippen LogP contribution >= 0.6 is 0 Å². The number of imidazole rings is 1. The Balaban J connectivity index is 1.46. The lowest BCUT2D eigenvalue weighted by Crippen LogP contribution is -2.37. The zero-order valence-electron chi connectivity index (χ0n) is 15.6. The third-order valence-electron chi connectivity index (χ3n) is 4.25. The van der Waals surface area contributed by atoms with Crippen molar-refractivity contribution in [1.82, 2.24) is 20.2 Å². The summed E-state index contributed by atoms with van der Waals surface area (Å²) < 4.78 is 31.7. The number of para-hydroxylation sites is 3. The highest BCUT2D eigenvalue weighted by Gasteiger charge is 2.09. The van der Waals surface area contributed by atoms with Gasteiger partial charge in [0.05, 0.1) is 17.4 Å². The summed E-state index contributed by atoms with van der Waals surface area (Å²) in [5.74, 6) is 0.759. The van der Waals surface area contributed by atoms with Crippen molar-refractivity contribution in [1.29, 1.82) is 0 Å². The fourth-order valence-electron chi connectivity index (χ4n) is 2.91. The number of aromatic nitrogens is 2. The Morgan fingerprint density at radius 3 is 2.75 bits per heavy atom. The molecule has 0 radical (unpaired) electrons. The van der Waals surface area contributed by atoms with Crippen molar-refractivity contribution >= 4 is 17.0 Å². The number of alkyl halides is 2. The van der Waals surface area contributed by atoms with Crippen LogP contribution in [0.25, 0.3) is 11.0 Å². The number of rotatable bonds is 8. The van der Waals surface area contributed by atoms with E-state index in [1.807, 2.05) is 24.5 Å². The van der Waals surface area contributed by atoms with E-state index >= 15 is 0 Å². The van der Waals surface area contributed by atoms with Gasteiger partial charge in [-0.05, 0) is 24.6 Å². The van der Waals surface area contributed by atoms with Crippen LogP contribution in [0.2, 0.25) is 0 Å². The van der Waals surface area contributed by atoms with Gasteiger partial charge in [-0.1, -0.05) is 30.3 Å². The molecule has 6 nitrogen and oxygen atoms in total. The number of nitrogens with one attached hydrogen (secondary N) is 2. The van der Waals surface area contributed by atoms with Crippen molar-refractivity contribution in [2.45, 2.75) is 26.1 Å². The minimum Gasteiger partial charge on any atom is -0.434 e. The summed E-state index contributed by atoms with van der Waals surface area (Å²) in [5, 5.41) is 6.34. The summed E-state index contributed by atoms with van der Waals surface area (Å²) in [6, 6.07) is 14.7. The first kappa shape index (κ1) is 19.6. The molecule has 0 fully saturated rings. The monoisotopic (exact) mass is 387 g/mol. The summed E-state index contributed by atoms with van der Waals surface area (Å²) in [6.45, 7) is -0.982. The summed E-state index contributed by atoms with van der Waals surface area (Å²) in [5.41, 5.74) is 2.73. The molecule has 0 unspecified atom stereocenters. The molecule has 0 atom stereocenters. The molecule has 0 aliphatic rings. The highest BCUT2D eigenvalue weighted by Crippen LogP contribution is 2.19. The number of guanidine groups is 1. The number of ether oxygens (including phenoxy) is 1. The molecule has 0 saturated carbocycles. The Hall–Kier alpha value is -3.16. The molecule has 0 spiro atoms. The number of halogens is 2. The van der Waals surface area contributed by atoms with Crippen molar-refractivity contribution < 1.29 is 13.5 Å². The second kappa shape index (κ2) is 9.68. The van der Waals surface area contributed by atoms with Gasteiger partial charge in [0.25, 0.3) is 0 Å². The van der Waals surface area contributed by atoms with Crippen molar-refractivity contribution in [3.63, 3.8) is 0 Å². The van der Waals surface area contributed by atoms with Crippen molar-refractivity contribution in [3.05, 3.63) is 60.4 Å². The van der Waals surface area contributed by atoms with Crippen molar-refractivity contribution in [3.8, 4) is 5.75 Å². The summed E-state index contributed by atoms with van der Waals surface area (Å²) in [6.07, 6.45) is 2.73. The maximum Gasteiger partial charge on any atom is 0.387 e. The molecule has 0 saturated heterocycles. The molecular formula is C20H23F2N5O. The molecule has 8 heteroatoms. The van der Waals surface area contributed by atoms with E-state index in [2.05, 4.69) is 36.0 Å². The second-order valence-corrected chi connectivity index (χ2v) is 6.12. The van der Waals surface area contributed by atoms with Gasteiger partial charge in [-0.2, -0.15) is 8.78 Å². The van der Waals surface area contributed by atoms with E-state index in [1.165, 1.54) is 6.07 Å². The van der Waals surface area contributed by atoms with Gasteiger partial charge in [0.15, 0.2) is 5.96 Å². The van der Waals surface area contributed by atoms with Crippen molar-refractivity contribution in [2.24, 2.45) is 4.99 Å². The summed E-state index contributed by atoms with van der Waals surface area (Å²) >= 11 is 0. The number of benzene rings is 2. The minimum absolute atomic E-state index is 0.160. The van der Waals surface area contributed by atoms with Crippen molar-refractivity contribution in [2.75, 3.05) is 13.6 Å². The Morgan fingerprint density at radius 1 is 1.14 bits per heavy atom. The molecule has 2 aromatic carbocycles. The van der Waals surface area contributed by atoms with Gasteiger partial charge in [0, 0.05) is 32.2 Å². The Morgan fingerprint density at radius 2 is 1.93 bits per heavy atom. The van der Waals surface area contributed by atoms with Gasteiger partial charge in [-0.3, -0.25) is 4.99 Å². The summed E-state index contributed by atoms with van der Waals surface area (Å²) in [4.78, 5) is 8.55. The number of hydrogen-bond acceptors (Lipinski definition) is 3. The third kappa shape index (κ3) is 5.18. The number of nitrogens with zero attached hydrogens (tertiary/aromatic N) is 3. The van der Waals surface area contributed by atoms with E-state index in [9.17, 15) is 8.78 Å². The molecule has 0 aliphatic heterocycles. The average Bonchev–Trinajstić information content (AvgIpc) is 3.11. The number of aliphatic imine (C=N–C) groups is 1. The van der Waals surface area contributed by atoms with Gasteiger partial charge in [-0.15, -0.1) is 0 Å². The number of hydrogen-bond donors (Lipinski definition) is 2. The van der Waals surface area contributed by atoms with Crippen LogP contribution in [-0.4, -0.2) is 35.7 Å². The Bertz CT molecular complexity index is 926. The Kier molecular flexibility index (Phi) is 6.78. The number of aryl methyl sites for hydroxylation is 1.